The smallest absolute Gasteiger partial charge is 0.415 e. The van der Waals surface area contributed by atoms with E-state index < -0.39 is 46.6 Å². The third-order valence-corrected chi connectivity index (χ3v) is 4.67. The fourth-order valence-corrected chi connectivity index (χ4v) is 3.33. The van der Waals surface area contributed by atoms with Crippen LogP contribution in [0.1, 0.15) is 11.6 Å². The zero-order chi connectivity index (χ0) is 19.8. The molecule has 2 atom stereocenters. The number of carbonyl (C=O) groups excluding carboxylic acids is 1. The maximum absolute atomic E-state index is 13.7. The molecule has 2 aromatic rings. The van der Waals surface area contributed by atoms with Gasteiger partial charge in [0.05, 0.1) is 6.26 Å². The van der Waals surface area contributed by atoms with E-state index in [2.05, 4.69) is 0 Å². The van der Waals surface area contributed by atoms with Crippen molar-refractivity contribution in [1.29, 1.82) is 0 Å². The van der Waals surface area contributed by atoms with Gasteiger partial charge in [0.15, 0.2) is 6.10 Å². The molecule has 1 amide bonds. The van der Waals surface area contributed by atoms with Crippen LogP contribution in [-0.2, 0) is 19.0 Å². The molecular weight excluding hydrogens is 404 g/mol. The Balaban J connectivity index is 2.04. The van der Waals surface area contributed by atoms with Crippen LogP contribution in [-0.4, -0.2) is 33.5 Å². The maximum atomic E-state index is 13.7. The number of hydrogen-bond acceptors (Lipinski definition) is 5. The maximum Gasteiger partial charge on any atom is 0.415 e. The summed E-state index contributed by atoms with van der Waals surface area (Å²) in [6.07, 6.45) is -1.07. The lowest BCUT2D eigenvalue weighted by Crippen LogP contribution is -2.31. The lowest BCUT2D eigenvalue weighted by molar-refractivity contribution is 0.0943. The minimum absolute atomic E-state index is 0.0930. The quantitative estimate of drug-likeness (QED) is 0.694. The fraction of sp³-hybridized carbons (Fsp3) is 0.235. The molecule has 1 fully saturated rings. The first-order chi connectivity index (χ1) is 12.6. The molecule has 1 saturated heterocycles. The van der Waals surface area contributed by atoms with Crippen LogP contribution >= 0.6 is 11.6 Å². The van der Waals surface area contributed by atoms with Gasteiger partial charge in [0, 0.05) is 16.8 Å². The highest BCUT2D eigenvalue weighted by molar-refractivity contribution is 7.85. The lowest BCUT2D eigenvalue weighted by Gasteiger charge is -2.25. The van der Waals surface area contributed by atoms with Gasteiger partial charge in [0.2, 0.25) is 0 Å². The number of rotatable bonds is 5. The number of cyclic esters (lactones) is 1. The molecule has 2 aromatic carbocycles. The normalized spacial score (nSPS) is 20.0. The molecule has 0 saturated carbocycles. The second-order valence-electron chi connectivity index (χ2n) is 5.90. The van der Waals surface area contributed by atoms with Crippen LogP contribution in [0.5, 0.6) is 0 Å². The van der Waals surface area contributed by atoms with E-state index in [0.29, 0.717) is 16.8 Å². The Morgan fingerprint density at radius 3 is 2.30 bits per heavy atom. The summed E-state index contributed by atoms with van der Waals surface area (Å²) >= 11 is 5.86. The molecule has 1 aliphatic rings. The summed E-state index contributed by atoms with van der Waals surface area (Å²) in [7, 11) is -3.81. The Bertz CT molecular complexity index is 948. The molecule has 27 heavy (non-hydrogen) atoms. The van der Waals surface area contributed by atoms with Crippen LogP contribution in [0.4, 0.5) is 19.3 Å². The van der Waals surface area contributed by atoms with E-state index >= 15 is 0 Å². The van der Waals surface area contributed by atoms with Crippen molar-refractivity contribution in [2.24, 2.45) is 0 Å². The summed E-state index contributed by atoms with van der Waals surface area (Å²) in [5, 5.41) is 0.427. The highest BCUT2D eigenvalue weighted by Crippen LogP contribution is 2.38. The molecule has 10 heteroatoms. The summed E-state index contributed by atoms with van der Waals surface area (Å²) in [5.74, 6) is -1.69. The predicted molar refractivity (Wildman–Crippen MR) is 94.1 cm³/mol. The van der Waals surface area contributed by atoms with Gasteiger partial charge >= 0.3 is 6.09 Å². The summed E-state index contributed by atoms with van der Waals surface area (Å²) in [6.45, 7) is -0.503. The van der Waals surface area contributed by atoms with Crippen molar-refractivity contribution in [2.45, 2.75) is 12.1 Å². The van der Waals surface area contributed by atoms with E-state index in [1.807, 2.05) is 0 Å². The van der Waals surface area contributed by atoms with E-state index in [4.69, 9.17) is 20.5 Å². The van der Waals surface area contributed by atoms with Crippen LogP contribution in [0.25, 0.3) is 0 Å². The van der Waals surface area contributed by atoms with Gasteiger partial charge in [-0.2, -0.15) is 8.42 Å². The topological polar surface area (TPSA) is 72.9 Å². The van der Waals surface area contributed by atoms with Crippen LogP contribution in [0.2, 0.25) is 5.02 Å². The molecular formula is C17H14ClF2NO5S. The second-order valence-corrected chi connectivity index (χ2v) is 7.99. The third-order valence-electron chi connectivity index (χ3n) is 3.86. The van der Waals surface area contributed by atoms with E-state index in [-0.39, 0.29) is 5.56 Å². The zero-order valence-electron chi connectivity index (χ0n) is 13.9. The van der Waals surface area contributed by atoms with Gasteiger partial charge in [-0.15, -0.1) is 0 Å². The Morgan fingerprint density at radius 2 is 1.74 bits per heavy atom. The molecule has 0 bridgehead atoms. The Labute approximate surface area is 159 Å². The van der Waals surface area contributed by atoms with Gasteiger partial charge in [-0.3, -0.25) is 9.08 Å². The number of benzene rings is 2. The Hall–Kier alpha value is -2.23. The summed E-state index contributed by atoms with van der Waals surface area (Å²) < 4.78 is 60.0. The van der Waals surface area contributed by atoms with Gasteiger partial charge in [-0.1, -0.05) is 11.6 Å². The molecule has 0 radical (unpaired) electrons. The van der Waals surface area contributed by atoms with Crippen LogP contribution in [0, 0.1) is 11.6 Å². The third kappa shape index (κ3) is 4.55. The molecule has 0 aromatic heterocycles. The van der Waals surface area contributed by atoms with Crippen molar-refractivity contribution in [3.8, 4) is 0 Å². The zero-order valence-corrected chi connectivity index (χ0v) is 15.5. The molecule has 1 aliphatic heterocycles. The van der Waals surface area contributed by atoms with Gasteiger partial charge in [-0.05, 0) is 42.0 Å². The van der Waals surface area contributed by atoms with Crippen molar-refractivity contribution in [3.63, 3.8) is 0 Å². The molecule has 3 rings (SSSR count). The molecule has 0 spiro atoms. The fourth-order valence-electron chi connectivity index (χ4n) is 2.82. The Kier molecular flexibility index (Phi) is 5.36. The van der Waals surface area contributed by atoms with Crippen LogP contribution < -0.4 is 4.90 Å². The van der Waals surface area contributed by atoms with Gasteiger partial charge in [0.25, 0.3) is 10.1 Å². The molecule has 0 aliphatic carbocycles. The predicted octanol–water partition coefficient (Wildman–Crippen LogP) is 3.66. The number of halogens is 3. The monoisotopic (exact) mass is 417 g/mol. The minimum Gasteiger partial charge on any atom is -0.441 e. The minimum atomic E-state index is -3.81. The van der Waals surface area contributed by atoms with Crippen molar-refractivity contribution in [3.05, 3.63) is 64.7 Å². The highest BCUT2D eigenvalue weighted by Gasteiger charge is 2.44. The molecule has 1 heterocycles. The molecule has 0 unspecified atom stereocenters. The van der Waals surface area contributed by atoms with Gasteiger partial charge in [-0.25, -0.2) is 13.6 Å². The van der Waals surface area contributed by atoms with Crippen molar-refractivity contribution in [2.75, 3.05) is 17.8 Å². The first-order valence-electron chi connectivity index (χ1n) is 7.70. The van der Waals surface area contributed by atoms with E-state index in [1.54, 1.807) is 0 Å². The van der Waals surface area contributed by atoms with Crippen molar-refractivity contribution in [1.82, 2.24) is 0 Å². The largest absolute Gasteiger partial charge is 0.441 e. The average Bonchev–Trinajstić information content (AvgIpc) is 2.89. The highest BCUT2D eigenvalue weighted by atomic mass is 35.5. The van der Waals surface area contributed by atoms with Gasteiger partial charge in [0.1, 0.15) is 24.3 Å². The summed E-state index contributed by atoms with van der Waals surface area (Å²) in [6, 6.07) is 7.92. The van der Waals surface area contributed by atoms with Crippen molar-refractivity contribution >= 4 is 33.5 Å². The lowest BCUT2D eigenvalue weighted by atomic mass is 10.00. The van der Waals surface area contributed by atoms with E-state index in [1.165, 1.54) is 29.2 Å². The number of amides is 1. The summed E-state index contributed by atoms with van der Waals surface area (Å²) in [5.41, 5.74) is 0.455. The second kappa shape index (κ2) is 7.41. The molecule has 0 N–H and O–H groups in total. The van der Waals surface area contributed by atoms with Crippen molar-refractivity contribution < 1.29 is 30.9 Å². The van der Waals surface area contributed by atoms with E-state index in [0.717, 1.165) is 18.4 Å². The van der Waals surface area contributed by atoms with E-state index in [9.17, 15) is 22.0 Å². The number of anilines is 1. The average molecular weight is 418 g/mol. The molecule has 6 nitrogen and oxygen atoms in total. The number of hydrogen-bond donors (Lipinski definition) is 0. The number of ether oxygens (including phenoxy) is 1. The van der Waals surface area contributed by atoms with Crippen LogP contribution in [0.3, 0.4) is 0 Å². The number of carbonyl (C=O) groups is 1. The van der Waals surface area contributed by atoms with Crippen LogP contribution in [0.15, 0.2) is 42.5 Å². The first kappa shape index (κ1) is 19.5. The molecule has 144 valence electrons. The SMILES string of the molecule is CS(=O)(=O)OC[C@@H]1OC(=O)N(c2ccc(Cl)cc2)[C@H]1c1cc(F)cc(F)c1. The van der Waals surface area contributed by atoms with Gasteiger partial charge < -0.3 is 4.74 Å². The summed E-state index contributed by atoms with van der Waals surface area (Å²) in [4.78, 5) is 13.6. The first-order valence-corrected chi connectivity index (χ1v) is 9.89. The Morgan fingerprint density at radius 1 is 1.15 bits per heavy atom. The number of nitrogens with zero attached hydrogens (tertiary/aromatic N) is 1. The standard InChI is InChI=1S/C17H14ClF2NO5S/c1-27(23,24)25-9-15-16(10-6-12(19)8-13(20)7-10)21(17(22)26-15)14-4-2-11(18)3-5-14/h2-8,15-16H,9H2,1H3/t15-,16-/m0/s1.